The summed E-state index contributed by atoms with van der Waals surface area (Å²) < 4.78 is 0. The average molecular weight is 219 g/mol. The number of nitrogens with zero attached hydrogens (tertiary/aromatic N) is 1. The van der Waals surface area contributed by atoms with E-state index in [-0.39, 0.29) is 0 Å². The fraction of sp³-hybridized carbons (Fsp3) is 0.615. The number of hydrogen-bond donors (Lipinski definition) is 2. The Morgan fingerprint density at radius 3 is 2.75 bits per heavy atom. The maximum absolute atomic E-state index is 4.24. The molecule has 3 heteroatoms. The Labute approximate surface area is 97.7 Å². The van der Waals surface area contributed by atoms with Gasteiger partial charge < -0.3 is 10.6 Å². The summed E-state index contributed by atoms with van der Waals surface area (Å²) in [6, 6.07) is 2.80. The number of nitrogens with one attached hydrogen (secondary N) is 2. The van der Waals surface area contributed by atoms with Crippen LogP contribution in [0.1, 0.15) is 33.1 Å². The maximum Gasteiger partial charge on any atom is 0.0549 e. The summed E-state index contributed by atoms with van der Waals surface area (Å²) >= 11 is 0. The molecule has 0 bridgehead atoms. The van der Waals surface area contributed by atoms with Crippen LogP contribution in [0.15, 0.2) is 18.5 Å². The highest BCUT2D eigenvalue weighted by Gasteiger charge is 2.24. The molecule has 1 heterocycles. The molecule has 0 amide bonds. The quantitative estimate of drug-likeness (QED) is 0.799. The predicted molar refractivity (Wildman–Crippen MR) is 68.8 cm³/mol. The van der Waals surface area contributed by atoms with Crippen molar-refractivity contribution in [3.63, 3.8) is 0 Å². The molecule has 1 saturated carbocycles. The zero-order valence-corrected chi connectivity index (χ0v) is 10.2. The standard InChI is InChI=1S/C13H21N3/c1-3-4-15-12-7-13(9-14-8-12)16-11-5-10(2)6-11/h7-11,15-16H,3-6H2,1-2H3. The second-order valence-corrected chi connectivity index (χ2v) is 4.81. The fourth-order valence-corrected chi connectivity index (χ4v) is 2.14. The van der Waals surface area contributed by atoms with Gasteiger partial charge in [0.1, 0.15) is 0 Å². The second kappa shape index (κ2) is 5.19. The minimum atomic E-state index is 0.651. The highest BCUT2D eigenvalue weighted by Crippen LogP contribution is 2.29. The smallest absolute Gasteiger partial charge is 0.0549 e. The van der Waals surface area contributed by atoms with Crippen molar-refractivity contribution >= 4 is 11.4 Å². The van der Waals surface area contributed by atoms with E-state index in [4.69, 9.17) is 0 Å². The van der Waals surface area contributed by atoms with E-state index in [1.165, 1.54) is 12.8 Å². The Balaban J connectivity index is 1.88. The Bertz CT molecular complexity index is 332. The third kappa shape index (κ3) is 2.87. The van der Waals surface area contributed by atoms with Crippen LogP contribution in [0.25, 0.3) is 0 Å². The first-order valence-electron chi connectivity index (χ1n) is 6.23. The third-order valence-electron chi connectivity index (χ3n) is 3.06. The van der Waals surface area contributed by atoms with Gasteiger partial charge in [-0.25, -0.2) is 0 Å². The third-order valence-corrected chi connectivity index (χ3v) is 3.06. The molecule has 0 spiro atoms. The minimum Gasteiger partial charge on any atom is -0.384 e. The van der Waals surface area contributed by atoms with Crippen molar-refractivity contribution < 1.29 is 0 Å². The van der Waals surface area contributed by atoms with Gasteiger partial charge in [-0.05, 0) is 31.2 Å². The minimum absolute atomic E-state index is 0.651. The molecule has 0 aromatic carbocycles. The zero-order chi connectivity index (χ0) is 11.4. The molecule has 1 aromatic heterocycles. The highest BCUT2D eigenvalue weighted by atomic mass is 15.0. The summed E-state index contributed by atoms with van der Waals surface area (Å²) in [6.45, 7) is 5.47. The Hall–Kier alpha value is -1.25. The van der Waals surface area contributed by atoms with E-state index in [9.17, 15) is 0 Å². The van der Waals surface area contributed by atoms with Gasteiger partial charge in [-0.15, -0.1) is 0 Å². The summed E-state index contributed by atoms with van der Waals surface area (Å²) in [4.78, 5) is 4.24. The van der Waals surface area contributed by atoms with Crippen LogP contribution < -0.4 is 10.6 Å². The van der Waals surface area contributed by atoms with Gasteiger partial charge >= 0.3 is 0 Å². The van der Waals surface area contributed by atoms with E-state index in [1.54, 1.807) is 0 Å². The molecule has 1 aliphatic carbocycles. The topological polar surface area (TPSA) is 37.0 Å². The molecule has 2 N–H and O–H groups in total. The van der Waals surface area contributed by atoms with Crippen LogP contribution >= 0.6 is 0 Å². The lowest BCUT2D eigenvalue weighted by Gasteiger charge is -2.34. The van der Waals surface area contributed by atoms with Crippen LogP contribution in [0.2, 0.25) is 0 Å². The van der Waals surface area contributed by atoms with Gasteiger partial charge in [0.05, 0.1) is 23.8 Å². The van der Waals surface area contributed by atoms with E-state index in [1.807, 2.05) is 12.4 Å². The number of anilines is 2. The van der Waals surface area contributed by atoms with E-state index < -0.39 is 0 Å². The van der Waals surface area contributed by atoms with Crippen LogP contribution in [0, 0.1) is 5.92 Å². The molecule has 16 heavy (non-hydrogen) atoms. The van der Waals surface area contributed by atoms with E-state index >= 15 is 0 Å². The van der Waals surface area contributed by atoms with E-state index in [0.29, 0.717) is 6.04 Å². The molecule has 0 saturated heterocycles. The lowest BCUT2D eigenvalue weighted by atomic mass is 9.82. The molecule has 0 radical (unpaired) electrons. The van der Waals surface area contributed by atoms with Crippen LogP contribution in [-0.2, 0) is 0 Å². The van der Waals surface area contributed by atoms with E-state index in [0.717, 1.165) is 30.3 Å². The normalized spacial score (nSPS) is 23.6. The van der Waals surface area contributed by atoms with Crippen molar-refractivity contribution in [1.29, 1.82) is 0 Å². The molecular weight excluding hydrogens is 198 g/mol. The monoisotopic (exact) mass is 219 g/mol. The summed E-state index contributed by atoms with van der Waals surface area (Å²) in [6.07, 6.45) is 7.49. The molecular formula is C13H21N3. The Kier molecular flexibility index (Phi) is 3.65. The highest BCUT2D eigenvalue weighted by molar-refractivity contribution is 5.54. The van der Waals surface area contributed by atoms with Crippen LogP contribution in [0.3, 0.4) is 0 Å². The molecule has 1 fully saturated rings. The first-order valence-corrected chi connectivity index (χ1v) is 6.23. The predicted octanol–water partition coefficient (Wildman–Crippen LogP) is 3.11. The SMILES string of the molecule is CCCNc1cncc(NC2CC(C)C2)c1. The number of pyridine rings is 1. The second-order valence-electron chi connectivity index (χ2n) is 4.81. The Morgan fingerprint density at radius 1 is 1.31 bits per heavy atom. The molecule has 0 aliphatic heterocycles. The molecule has 2 rings (SSSR count). The van der Waals surface area contributed by atoms with Gasteiger partial charge in [-0.1, -0.05) is 13.8 Å². The number of aromatic nitrogens is 1. The van der Waals surface area contributed by atoms with Gasteiger partial charge in [-0.3, -0.25) is 4.98 Å². The zero-order valence-electron chi connectivity index (χ0n) is 10.2. The molecule has 0 atom stereocenters. The van der Waals surface area contributed by atoms with Crippen LogP contribution in [-0.4, -0.2) is 17.6 Å². The fourth-order valence-electron chi connectivity index (χ4n) is 2.14. The van der Waals surface area contributed by atoms with Gasteiger partial charge in [0.15, 0.2) is 0 Å². The summed E-state index contributed by atoms with van der Waals surface area (Å²) in [5.41, 5.74) is 2.25. The lowest BCUT2D eigenvalue weighted by molar-refractivity contribution is 0.309. The van der Waals surface area contributed by atoms with Crippen molar-refractivity contribution in [2.24, 2.45) is 5.92 Å². The van der Waals surface area contributed by atoms with Crippen molar-refractivity contribution in [1.82, 2.24) is 4.98 Å². The number of hydrogen-bond acceptors (Lipinski definition) is 3. The first-order chi connectivity index (χ1) is 7.78. The summed E-state index contributed by atoms with van der Waals surface area (Å²) in [5.74, 6) is 0.881. The first kappa shape index (κ1) is 11.2. The summed E-state index contributed by atoms with van der Waals surface area (Å²) in [7, 11) is 0. The Morgan fingerprint density at radius 2 is 2.06 bits per heavy atom. The average Bonchev–Trinajstić information content (AvgIpc) is 2.25. The maximum atomic E-state index is 4.24. The lowest BCUT2D eigenvalue weighted by Crippen LogP contribution is -2.33. The van der Waals surface area contributed by atoms with Crippen molar-refractivity contribution in [2.45, 2.75) is 39.2 Å². The van der Waals surface area contributed by atoms with Gasteiger partial charge in [-0.2, -0.15) is 0 Å². The molecule has 1 aliphatic rings. The molecule has 1 aromatic rings. The molecule has 0 unspecified atom stereocenters. The number of rotatable bonds is 5. The van der Waals surface area contributed by atoms with Gasteiger partial charge in [0.25, 0.3) is 0 Å². The van der Waals surface area contributed by atoms with Gasteiger partial charge in [0.2, 0.25) is 0 Å². The van der Waals surface area contributed by atoms with Crippen molar-refractivity contribution in [3.05, 3.63) is 18.5 Å². The van der Waals surface area contributed by atoms with Crippen molar-refractivity contribution in [3.8, 4) is 0 Å². The van der Waals surface area contributed by atoms with E-state index in [2.05, 4.69) is 35.5 Å². The summed E-state index contributed by atoms with van der Waals surface area (Å²) in [5, 5.41) is 6.87. The van der Waals surface area contributed by atoms with Crippen molar-refractivity contribution in [2.75, 3.05) is 17.2 Å². The van der Waals surface area contributed by atoms with Gasteiger partial charge in [0, 0.05) is 12.6 Å². The molecule has 3 nitrogen and oxygen atoms in total. The largest absolute Gasteiger partial charge is 0.384 e. The molecule has 88 valence electrons. The van der Waals surface area contributed by atoms with Crippen LogP contribution in [0.4, 0.5) is 11.4 Å². The van der Waals surface area contributed by atoms with Crippen LogP contribution in [0.5, 0.6) is 0 Å².